The number of halogens is 1. The van der Waals surface area contributed by atoms with Crippen molar-refractivity contribution in [1.29, 1.82) is 0 Å². The number of hydrogen-bond acceptors (Lipinski definition) is 5. The first kappa shape index (κ1) is 11.9. The van der Waals surface area contributed by atoms with Crippen LogP contribution in [0.5, 0.6) is 0 Å². The van der Waals surface area contributed by atoms with Gasteiger partial charge in [0, 0.05) is 4.70 Å². The van der Waals surface area contributed by atoms with Crippen LogP contribution in [-0.2, 0) is 13.5 Å². The number of aryl methyl sites for hydroxylation is 1. The van der Waals surface area contributed by atoms with E-state index in [2.05, 4.69) is 15.4 Å². The molecular weight excluding hydrogens is 267 g/mol. The lowest BCUT2D eigenvalue weighted by Gasteiger charge is -1.91. The first-order chi connectivity index (χ1) is 9.11. The Morgan fingerprint density at radius 2 is 2.26 bits per heavy atom. The van der Waals surface area contributed by atoms with Gasteiger partial charge in [0.1, 0.15) is 5.82 Å². The Labute approximate surface area is 111 Å². The van der Waals surface area contributed by atoms with Gasteiger partial charge < -0.3 is 0 Å². The molecule has 1 aromatic carbocycles. The number of fused-ring (bicyclic) bond motifs is 1. The van der Waals surface area contributed by atoms with Crippen molar-refractivity contribution in [2.45, 2.75) is 6.42 Å². The maximum atomic E-state index is 13.1. The van der Waals surface area contributed by atoms with E-state index >= 15 is 0 Å². The maximum Gasteiger partial charge on any atom is 0.182 e. The van der Waals surface area contributed by atoms with E-state index in [0.717, 1.165) is 10.1 Å². The summed E-state index contributed by atoms with van der Waals surface area (Å²) in [6.07, 6.45) is 0.100. The first-order valence-electron chi connectivity index (χ1n) is 5.57. The molecule has 3 aromatic rings. The highest BCUT2D eigenvalue weighted by Gasteiger charge is 2.14. The monoisotopic (exact) mass is 276 g/mol. The summed E-state index contributed by atoms with van der Waals surface area (Å²) in [6.45, 7) is 0. The van der Waals surface area contributed by atoms with Gasteiger partial charge in [0.25, 0.3) is 0 Å². The van der Waals surface area contributed by atoms with E-state index in [4.69, 9.17) is 0 Å². The van der Waals surface area contributed by atoms with Crippen LogP contribution in [0.25, 0.3) is 10.1 Å². The Hall–Kier alpha value is -2.15. The van der Waals surface area contributed by atoms with E-state index in [1.165, 1.54) is 28.3 Å². The zero-order valence-corrected chi connectivity index (χ0v) is 10.8. The van der Waals surface area contributed by atoms with Crippen molar-refractivity contribution >= 4 is 27.2 Å². The van der Waals surface area contributed by atoms with E-state index in [0.29, 0.717) is 10.7 Å². The third-order valence-electron chi connectivity index (χ3n) is 2.62. The topological polar surface area (TPSA) is 60.7 Å². The summed E-state index contributed by atoms with van der Waals surface area (Å²) in [5.74, 6) is -0.00867. The highest BCUT2D eigenvalue weighted by Crippen LogP contribution is 2.27. The van der Waals surface area contributed by atoms with E-state index < -0.39 is 0 Å². The number of aromatic nitrogens is 4. The number of rotatable bonds is 3. The molecule has 2 aromatic heterocycles. The fourth-order valence-electron chi connectivity index (χ4n) is 1.78. The van der Waals surface area contributed by atoms with Crippen LogP contribution in [0.4, 0.5) is 4.39 Å². The molecule has 0 saturated carbocycles. The lowest BCUT2D eigenvalue weighted by molar-refractivity contribution is 0.0994. The third kappa shape index (κ3) is 2.37. The van der Waals surface area contributed by atoms with Crippen LogP contribution in [0, 0.1) is 5.82 Å². The van der Waals surface area contributed by atoms with Crippen LogP contribution in [0.1, 0.15) is 15.5 Å². The molecule has 0 unspecified atom stereocenters. The van der Waals surface area contributed by atoms with Crippen molar-refractivity contribution in [3.63, 3.8) is 0 Å². The molecule has 0 radical (unpaired) electrons. The molecular formula is C12H9FN4OS. The minimum atomic E-state index is -0.306. The van der Waals surface area contributed by atoms with Crippen LogP contribution < -0.4 is 0 Å². The summed E-state index contributed by atoms with van der Waals surface area (Å²) in [4.78, 5) is 14.0. The number of tetrazole rings is 1. The van der Waals surface area contributed by atoms with Gasteiger partial charge in [-0.1, -0.05) is 0 Å². The van der Waals surface area contributed by atoms with Gasteiger partial charge in [-0.05, 0) is 34.9 Å². The Bertz CT molecular complexity index is 764. The summed E-state index contributed by atoms with van der Waals surface area (Å²) in [5.41, 5.74) is 0. The Morgan fingerprint density at radius 3 is 3.00 bits per heavy atom. The molecule has 0 atom stereocenters. The summed E-state index contributed by atoms with van der Waals surface area (Å²) in [7, 11) is 1.64. The van der Waals surface area contributed by atoms with Crippen LogP contribution in [-0.4, -0.2) is 26.0 Å². The number of thiophene rings is 1. The summed E-state index contributed by atoms with van der Waals surface area (Å²) >= 11 is 1.34. The van der Waals surface area contributed by atoms with E-state index in [1.807, 2.05) is 0 Å². The van der Waals surface area contributed by atoms with E-state index in [-0.39, 0.29) is 18.0 Å². The lowest BCUT2D eigenvalue weighted by Crippen LogP contribution is -2.03. The summed E-state index contributed by atoms with van der Waals surface area (Å²) < 4.78 is 14.0. The predicted molar refractivity (Wildman–Crippen MR) is 68.6 cm³/mol. The largest absolute Gasteiger partial charge is 0.293 e. The fourth-order valence-corrected chi connectivity index (χ4v) is 2.76. The van der Waals surface area contributed by atoms with Crippen LogP contribution in [0.2, 0.25) is 0 Å². The number of carbonyl (C=O) groups is 1. The Morgan fingerprint density at radius 1 is 1.42 bits per heavy atom. The van der Waals surface area contributed by atoms with Gasteiger partial charge >= 0.3 is 0 Å². The van der Waals surface area contributed by atoms with Crippen LogP contribution >= 0.6 is 11.3 Å². The first-order valence-corrected chi connectivity index (χ1v) is 6.38. The van der Waals surface area contributed by atoms with Crippen molar-refractivity contribution in [3.8, 4) is 0 Å². The minimum Gasteiger partial charge on any atom is -0.293 e. The van der Waals surface area contributed by atoms with E-state index in [1.54, 1.807) is 19.2 Å². The number of nitrogens with zero attached hydrogens (tertiary/aromatic N) is 4. The molecule has 2 heterocycles. The number of carbonyl (C=O) groups excluding carboxylic acids is 1. The highest BCUT2D eigenvalue weighted by atomic mass is 32.1. The zero-order chi connectivity index (χ0) is 13.4. The molecule has 0 bridgehead atoms. The normalized spacial score (nSPS) is 11.1. The lowest BCUT2D eigenvalue weighted by atomic mass is 10.2. The summed E-state index contributed by atoms with van der Waals surface area (Å²) in [5, 5.41) is 12.1. The van der Waals surface area contributed by atoms with Gasteiger partial charge in [0.2, 0.25) is 0 Å². The number of benzene rings is 1. The average molecular weight is 276 g/mol. The Balaban J connectivity index is 1.89. The molecule has 0 fully saturated rings. The van der Waals surface area contributed by atoms with Crippen LogP contribution in [0.3, 0.4) is 0 Å². The summed E-state index contributed by atoms with van der Waals surface area (Å²) in [6, 6.07) is 6.18. The molecule has 0 spiro atoms. The van der Waals surface area contributed by atoms with Gasteiger partial charge in [0.05, 0.1) is 18.3 Å². The molecule has 5 nitrogen and oxygen atoms in total. The van der Waals surface area contributed by atoms with Crippen molar-refractivity contribution < 1.29 is 9.18 Å². The molecule has 0 aliphatic rings. The van der Waals surface area contributed by atoms with Gasteiger partial charge in [-0.15, -0.1) is 21.5 Å². The molecule has 96 valence electrons. The van der Waals surface area contributed by atoms with Gasteiger partial charge in [-0.2, -0.15) is 4.80 Å². The van der Waals surface area contributed by atoms with Crippen molar-refractivity contribution in [3.05, 3.63) is 40.8 Å². The van der Waals surface area contributed by atoms with Gasteiger partial charge in [0.15, 0.2) is 11.6 Å². The fraction of sp³-hybridized carbons (Fsp3) is 0.167. The molecule has 7 heteroatoms. The molecule has 19 heavy (non-hydrogen) atoms. The van der Waals surface area contributed by atoms with Crippen molar-refractivity contribution in [2.24, 2.45) is 7.05 Å². The molecule has 0 saturated heterocycles. The molecule has 0 aliphatic carbocycles. The quantitative estimate of drug-likeness (QED) is 0.686. The number of Topliss-reactive ketones (excluding diaryl/α,β-unsaturated/α-hetero) is 1. The molecule has 0 N–H and O–H groups in total. The van der Waals surface area contributed by atoms with Crippen LogP contribution in [0.15, 0.2) is 24.3 Å². The number of hydrogen-bond donors (Lipinski definition) is 0. The smallest absolute Gasteiger partial charge is 0.182 e. The van der Waals surface area contributed by atoms with Crippen molar-refractivity contribution in [1.82, 2.24) is 20.2 Å². The highest BCUT2D eigenvalue weighted by molar-refractivity contribution is 7.20. The molecule has 3 rings (SSSR count). The molecule has 0 aliphatic heterocycles. The van der Waals surface area contributed by atoms with Gasteiger partial charge in [-0.3, -0.25) is 4.79 Å². The predicted octanol–water partition coefficient (Wildman–Crippen LogP) is 1.99. The zero-order valence-electron chi connectivity index (χ0n) is 10.00. The average Bonchev–Trinajstić information content (AvgIpc) is 2.95. The third-order valence-corrected chi connectivity index (χ3v) is 3.78. The second-order valence-corrected chi connectivity index (χ2v) is 5.17. The molecule has 0 amide bonds. The second-order valence-electron chi connectivity index (χ2n) is 4.09. The number of ketones is 1. The minimum absolute atomic E-state index is 0.0883. The van der Waals surface area contributed by atoms with Crippen molar-refractivity contribution in [2.75, 3.05) is 0 Å². The van der Waals surface area contributed by atoms with E-state index in [9.17, 15) is 9.18 Å². The SMILES string of the molecule is Cn1nnc(CC(=O)c2cc3cc(F)ccc3s2)n1. The maximum absolute atomic E-state index is 13.1. The van der Waals surface area contributed by atoms with Gasteiger partial charge in [-0.25, -0.2) is 4.39 Å². The second kappa shape index (κ2) is 4.51. The standard InChI is InChI=1S/C12H9FN4OS/c1-17-15-12(14-16-17)6-9(18)11-5-7-4-8(13)2-3-10(7)19-11/h2-5H,6H2,1H3. The Kier molecular flexibility index (Phi) is 2.83.